The van der Waals surface area contributed by atoms with Crippen molar-refractivity contribution in [3.05, 3.63) is 66.0 Å². The molecule has 2 fully saturated rings. The molecule has 1 unspecified atom stereocenters. The number of benzene rings is 1. The summed E-state index contributed by atoms with van der Waals surface area (Å²) in [6.07, 6.45) is 6.90. The molecule has 0 N–H and O–H groups in total. The molecule has 0 radical (unpaired) electrons. The van der Waals surface area contributed by atoms with Gasteiger partial charge in [0, 0.05) is 25.9 Å². The van der Waals surface area contributed by atoms with Gasteiger partial charge < -0.3 is 9.64 Å². The number of hydrogen-bond acceptors (Lipinski definition) is 3. The monoisotopic (exact) mass is 350 g/mol. The lowest BCUT2D eigenvalue weighted by Gasteiger charge is -2.46. The van der Waals surface area contributed by atoms with E-state index in [1.54, 1.807) is 12.3 Å². The number of amides is 1. The summed E-state index contributed by atoms with van der Waals surface area (Å²) in [6, 6.07) is 16.2. The highest BCUT2D eigenvalue weighted by molar-refractivity contribution is 5.92. The van der Waals surface area contributed by atoms with E-state index in [0.717, 1.165) is 51.8 Å². The second-order valence-electron chi connectivity index (χ2n) is 7.59. The number of rotatable bonds is 3. The Kier molecular flexibility index (Phi) is 5.02. The normalized spacial score (nSPS) is 22.3. The van der Waals surface area contributed by atoms with Crippen LogP contribution in [0.15, 0.2) is 54.7 Å². The lowest BCUT2D eigenvalue weighted by Crippen LogP contribution is -2.51. The summed E-state index contributed by atoms with van der Waals surface area (Å²) in [5.74, 6) is 0.710. The number of aromatic nitrogens is 1. The third-order valence-corrected chi connectivity index (χ3v) is 5.81. The highest BCUT2D eigenvalue weighted by Gasteiger charge is 2.41. The number of carbonyl (C=O) groups excluding carboxylic acids is 1. The van der Waals surface area contributed by atoms with Gasteiger partial charge in [0.05, 0.1) is 5.60 Å². The Morgan fingerprint density at radius 1 is 1.12 bits per heavy atom. The molecule has 4 heteroatoms. The molecule has 2 aliphatic heterocycles. The lowest BCUT2D eigenvalue weighted by molar-refractivity contribution is -0.123. The Morgan fingerprint density at radius 3 is 2.62 bits per heavy atom. The fourth-order valence-electron chi connectivity index (χ4n) is 4.37. The minimum absolute atomic E-state index is 0.0390. The third-order valence-electron chi connectivity index (χ3n) is 5.81. The van der Waals surface area contributed by atoms with Crippen molar-refractivity contribution in [1.29, 1.82) is 0 Å². The lowest BCUT2D eigenvalue weighted by atomic mass is 9.77. The zero-order valence-electron chi connectivity index (χ0n) is 15.1. The van der Waals surface area contributed by atoms with Gasteiger partial charge in [-0.05, 0) is 55.7 Å². The van der Waals surface area contributed by atoms with Gasteiger partial charge in [0.2, 0.25) is 0 Å². The van der Waals surface area contributed by atoms with E-state index in [4.69, 9.17) is 4.74 Å². The second kappa shape index (κ2) is 7.58. The first-order chi connectivity index (χ1) is 12.7. The summed E-state index contributed by atoms with van der Waals surface area (Å²) in [6.45, 7) is 2.35. The first-order valence-electron chi connectivity index (χ1n) is 9.62. The number of carbonyl (C=O) groups is 1. The molecule has 26 heavy (non-hydrogen) atoms. The maximum Gasteiger partial charge on any atom is 0.272 e. The van der Waals surface area contributed by atoms with Crippen LogP contribution in [0.3, 0.4) is 0 Å². The van der Waals surface area contributed by atoms with E-state index in [0.29, 0.717) is 11.6 Å². The maximum atomic E-state index is 12.6. The molecular weight excluding hydrogens is 324 g/mol. The number of hydrogen-bond donors (Lipinski definition) is 0. The Balaban J connectivity index is 1.36. The first-order valence-corrected chi connectivity index (χ1v) is 9.62. The van der Waals surface area contributed by atoms with E-state index >= 15 is 0 Å². The van der Waals surface area contributed by atoms with E-state index in [1.165, 1.54) is 5.56 Å². The Hall–Kier alpha value is -2.20. The molecule has 2 saturated heterocycles. The number of likely N-dealkylation sites (tertiary alicyclic amines) is 1. The van der Waals surface area contributed by atoms with Crippen LogP contribution >= 0.6 is 0 Å². The summed E-state index contributed by atoms with van der Waals surface area (Å²) < 4.78 is 6.25. The summed E-state index contributed by atoms with van der Waals surface area (Å²) in [4.78, 5) is 18.7. The van der Waals surface area contributed by atoms with Gasteiger partial charge in [-0.25, -0.2) is 0 Å². The molecule has 2 aromatic rings. The van der Waals surface area contributed by atoms with E-state index < -0.39 is 0 Å². The van der Waals surface area contributed by atoms with Crippen molar-refractivity contribution in [3.63, 3.8) is 0 Å². The minimum atomic E-state index is -0.0431. The van der Waals surface area contributed by atoms with Gasteiger partial charge in [0.15, 0.2) is 0 Å². The van der Waals surface area contributed by atoms with E-state index in [2.05, 4.69) is 35.3 Å². The second-order valence-corrected chi connectivity index (χ2v) is 7.59. The molecule has 0 saturated carbocycles. The van der Waals surface area contributed by atoms with Crippen molar-refractivity contribution in [2.75, 3.05) is 19.7 Å². The number of ether oxygens (including phenoxy) is 1. The zero-order chi connectivity index (χ0) is 17.8. The smallest absolute Gasteiger partial charge is 0.272 e. The molecule has 4 rings (SSSR count). The van der Waals surface area contributed by atoms with Crippen LogP contribution in [0.1, 0.15) is 41.7 Å². The van der Waals surface area contributed by atoms with Crippen LogP contribution in [-0.2, 0) is 11.2 Å². The third kappa shape index (κ3) is 3.80. The molecule has 1 amide bonds. The van der Waals surface area contributed by atoms with Gasteiger partial charge in [-0.15, -0.1) is 0 Å². The maximum absolute atomic E-state index is 12.6. The molecule has 1 aromatic heterocycles. The number of pyridine rings is 1. The van der Waals surface area contributed by atoms with Crippen LogP contribution in [0.5, 0.6) is 0 Å². The van der Waals surface area contributed by atoms with Crippen LogP contribution in [0.2, 0.25) is 0 Å². The predicted molar refractivity (Wildman–Crippen MR) is 101 cm³/mol. The van der Waals surface area contributed by atoms with Crippen LogP contribution in [0, 0.1) is 5.92 Å². The van der Waals surface area contributed by atoms with Crippen molar-refractivity contribution >= 4 is 5.91 Å². The quantitative estimate of drug-likeness (QED) is 0.847. The molecule has 2 aliphatic rings. The standard InChI is InChI=1S/C22H26N2O2/c25-21(20-8-4-5-12-23-20)24-13-10-22(11-14-24)17-19(9-15-26-22)16-18-6-2-1-3-7-18/h1-8,12,19H,9-11,13-17H2. The Morgan fingerprint density at radius 2 is 1.88 bits per heavy atom. The van der Waals surface area contributed by atoms with E-state index in [1.807, 2.05) is 17.0 Å². The largest absolute Gasteiger partial charge is 0.375 e. The fourth-order valence-corrected chi connectivity index (χ4v) is 4.37. The van der Waals surface area contributed by atoms with Gasteiger partial charge in [-0.3, -0.25) is 9.78 Å². The van der Waals surface area contributed by atoms with Gasteiger partial charge in [-0.1, -0.05) is 36.4 Å². The highest BCUT2D eigenvalue weighted by atomic mass is 16.5. The van der Waals surface area contributed by atoms with Crippen molar-refractivity contribution in [2.24, 2.45) is 5.92 Å². The van der Waals surface area contributed by atoms with E-state index in [-0.39, 0.29) is 11.5 Å². The van der Waals surface area contributed by atoms with Crippen LogP contribution in [0.4, 0.5) is 0 Å². The summed E-state index contributed by atoms with van der Waals surface area (Å²) in [7, 11) is 0. The van der Waals surface area contributed by atoms with Gasteiger partial charge in [0.1, 0.15) is 5.69 Å². The topological polar surface area (TPSA) is 42.4 Å². The van der Waals surface area contributed by atoms with E-state index in [9.17, 15) is 4.79 Å². The van der Waals surface area contributed by atoms with Gasteiger partial charge in [0.25, 0.3) is 5.91 Å². The molecule has 1 atom stereocenters. The van der Waals surface area contributed by atoms with Crippen molar-refractivity contribution in [2.45, 2.75) is 37.7 Å². The molecule has 136 valence electrons. The van der Waals surface area contributed by atoms with Gasteiger partial charge >= 0.3 is 0 Å². The average Bonchev–Trinajstić information content (AvgIpc) is 2.70. The average molecular weight is 350 g/mol. The summed E-state index contributed by atoms with van der Waals surface area (Å²) in [5.41, 5.74) is 1.91. The van der Waals surface area contributed by atoms with Crippen LogP contribution in [-0.4, -0.2) is 41.1 Å². The van der Waals surface area contributed by atoms with Gasteiger partial charge in [-0.2, -0.15) is 0 Å². The SMILES string of the molecule is O=C(c1ccccn1)N1CCC2(CC1)CC(Cc1ccccc1)CCO2. The van der Waals surface area contributed by atoms with Crippen molar-refractivity contribution < 1.29 is 9.53 Å². The molecule has 0 aliphatic carbocycles. The molecule has 3 heterocycles. The summed E-state index contributed by atoms with van der Waals surface area (Å²) in [5, 5.41) is 0. The minimum Gasteiger partial charge on any atom is -0.375 e. The van der Waals surface area contributed by atoms with Crippen molar-refractivity contribution in [1.82, 2.24) is 9.88 Å². The molecule has 0 bridgehead atoms. The van der Waals surface area contributed by atoms with Crippen molar-refractivity contribution in [3.8, 4) is 0 Å². The number of piperidine rings is 1. The predicted octanol–water partition coefficient (Wildman–Crippen LogP) is 3.73. The number of nitrogens with zero attached hydrogens (tertiary/aromatic N) is 2. The summed E-state index contributed by atoms with van der Waals surface area (Å²) >= 11 is 0. The first kappa shape index (κ1) is 17.2. The van der Waals surface area contributed by atoms with Crippen LogP contribution < -0.4 is 0 Å². The van der Waals surface area contributed by atoms with Crippen LogP contribution in [0.25, 0.3) is 0 Å². The highest BCUT2D eigenvalue weighted by Crippen LogP contribution is 2.39. The molecule has 1 spiro atoms. The zero-order valence-corrected chi connectivity index (χ0v) is 15.1. The molecule has 4 nitrogen and oxygen atoms in total. The molecular formula is C22H26N2O2. The Bertz CT molecular complexity index is 724. The molecule has 1 aromatic carbocycles. The Labute approximate surface area is 155 Å². The fraction of sp³-hybridized carbons (Fsp3) is 0.455.